The number of piperazine rings is 2. The van der Waals surface area contributed by atoms with E-state index in [2.05, 4.69) is 31.8 Å². The molecular formula is C20H26N6O2. The average Bonchev–Trinajstić information content (AvgIpc) is 2.79. The van der Waals surface area contributed by atoms with Crippen LogP contribution in [0.25, 0.3) is 0 Å². The molecule has 1 aromatic heterocycles. The highest BCUT2D eigenvalue weighted by Gasteiger charge is 2.21. The first-order valence-electron chi connectivity index (χ1n) is 9.68. The Hall–Kier alpha value is -3.03. The van der Waals surface area contributed by atoms with E-state index in [9.17, 15) is 4.79 Å². The number of methoxy groups -OCH3 is 1. The summed E-state index contributed by atoms with van der Waals surface area (Å²) in [7, 11) is 1.68. The number of hydrogen-bond acceptors (Lipinski definition) is 7. The van der Waals surface area contributed by atoms with Gasteiger partial charge in [0.1, 0.15) is 11.6 Å². The van der Waals surface area contributed by atoms with E-state index in [0.29, 0.717) is 0 Å². The van der Waals surface area contributed by atoms with Gasteiger partial charge < -0.3 is 24.3 Å². The maximum absolute atomic E-state index is 10.9. The van der Waals surface area contributed by atoms with Crippen molar-refractivity contribution in [1.82, 2.24) is 14.9 Å². The molecule has 3 heterocycles. The van der Waals surface area contributed by atoms with Gasteiger partial charge in [0.15, 0.2) is 0 Å². The third kappa shape index (κ3) is 3.95. The minimum atomic E-state index is 0.739. The maximum atomic E-state index is 10.9. The molecular weight excluding hydrogens is 356 g/mol. The van der Waals surface area contributed by atoms with Crippen LogP contribution in [0.15, 0.2) is 36.5 Å². The average molecular weight is 382 g/mol. The number of nitrogens with zero attached hydrogens (tertiary/aromatic N) is 6. The van der Waals surface area contributed by atoms with E-state index in [1.54, 1.807) is 12.0 Å². The first-order valence-corrected chi connectivity index (χ1v) is 9.68. The number of hydrogen-bond donors (Lipinski definition) is 0. The number of carbonyl (C=O) groups is 1. The molecule has 2 saturated heterocycles. The SMILES string of the molecule is COc1ccc(N2CCN(c3nccc(N4CCN(C=O)CC4)n3)CC2)cc1. The maximum Gasteiger partial charge on any atom is 0.227 e. The summed E-state index contributed by atoms with van der Waals surface area (Å²) >= 11 is 0. The van der Waals surface area contributed by atoms with Gasteiger partial charge in [-0.2, -0.15) is 4.98 Å². The van der Waals surface area contributed by atoms with Crippen LogP contribution >= 0.6 is 0 Å². The third-order valence-electron chi connectivity index (χ3n) is 5.42. The van der Waals surface area contributed by atoms with E-state index in [-0.39, 0.29) is 0 Å². The van der Waals surface area contributed by atoms with Crippen molar-refractivity contribution in [2.45, 2.75) is 0 Å². The second-order valence-electron chi connectivity index (χ2n) is 7.02. The molecule has 0 saturated carbocycles. The fourth-order valence-corrected chi connectivity index (χ4v) is 3.68. The fourth-order valence-electron chi connectivity index (χ4n) is 3.68. The Morgan fingerprint density at radius 3 is 2.14 bits per heavy atom. The number of anilines is 3. The van der Waals surface area contributed by atoms with Crippen molar-refractivity contribution in [2.75, 3.05) is 74.2 Å². The number of ether oxygens (including phenoxy) is 1. The lowest BCUT2D eigenvalue weighted by molar-refractivity contribution is -0.118. The monoisotopic (exact) mass is 382 g/mol. The number of amides is 1. The third-order valence-corrected chi connectivity index (χ3v) is 5.42. The highest BCUT2D eigenvalue weighted by Crippen LogP contribution is 2.22. The molecule has 1 aromatic carbocycles. The molecule has 0 spiro atoms. The molecule has 4 rings (SSSR count). The lowest BCUT2D eigenvalue weighted by atomic mass is 10.2. The second kappa shape index (κ2) is 8.33. The second-order valence-corrected chi connectivity index (χ2v) is 7.02. The van der Waals surface area contributed by atoms with Crippen LogP contribution in [0.5, 0.6) is 5.75 Å². The molecule has 28 heavy (non-hydrogen) atoms. The van der Waals surface area contributed by atoms with Gasteiger partial charge in [0, 0.05) is 64.2 Å². The first kappa shape index (κ1) is 18.3. The van der Waals surface area contributed by atoms with E-state index in [4.69, 9.17) is 9.72 Å². The number of aromatic nitrogens is 2. The summed E-state index contributed by atoms with van der Waals surface area (Å²) in [6.07, 6.45) is 2.75. The Morgan fingerprint density at radius 2 is 1.50 bits per heavy atom. The van der Waals surface area contributed by atoms with Crippen LogP contribution in [0.1, 0.15) is 0 Å². The van der Waals surface area contributed by atoms with Crippen molar-refractivity contribution in [1.29, 1.82) is 0 Å². The summed E-state index contributed by atoms with van der Waals surface area (Å²) in [5, 5.41) is 0. The van der Waals surface area contributed by atoms with Crippen LogP contribution in [0, 0.1) is 0 Å². The standard InChI is InChI=1S/C20H26N6O2/c1-28-18-4-2-17(3-5-18)24-12-14-26(15-13-24)20-21-7-6-19(22-20)25-10-8-23(16-27)9-11-25/h2-7,16H,8-15H2,1H3. The van der Waals surface area contributed by atoms with Crippen LogP contribution < -0.4 is 19.4 Å². The number of carbonyl (C=O) groups excluding carboxylic acids is 1. The first-order chi connectivity index (χ1) is 13.8. The Labute approximate surface area is 165 Å². The van der Waals surface area contributed by atoms with Gasteiger partial charge in [0.25, 0.3) is 0 Å². The number of rotatable bonds is 5. The summed E-state index contributed by atoms with van der Waals surface area (Å²) < 4.78 is 5.24. The molecule has 1 amide bonds. The van der Waals surface area contributed by atoms with Crippen molar-refractivity contribution in [3.63, 3.8) is 0 Å². The van der Waals surface area contributed by atoms with Crippen LogP contribution in [0.4, 0.5) is 17.5 Å². The quantitative estimate of drug-likeness (QED) is 0.717. The van der Waals surface area contributed by atoms with E-state index in [1.807, 2.05) is 24.4 Å². The Bertz CT molecular complexity index is 784. The smallest absolute Gasteiger partial charge is 0.227 e. The van der Waals surface area contributed by atoms with Gasteiger partial charge in [-0.05, 0) is 30.3 Å². The molecule has 2 aliphatic rings. The van der Waals surface area contributed by atoms with Gasteiger partial charge in [0.05, 0.1) is 7.11 Å². The predicted octanol–water partition coefficient (Wildman–Crippen LogP) is 1.09. The summed E-state index contributed by atoms with van der Waals surface area (Å²) in [6.45, 7) is 6.71. The van der Waals surface area contributed by atoms with Gasteiger partial charge >= 0.3 is 0 Å². The van der Waals surface area contributed by atoms with E-state index < -0.39 is 0 Å². The molecule has 8 nitrogen and oxygen atoms in total. The molecule has 148 valence electrons. The Morgan fingerprint density at radius 1 is 0.857 bits per heavy atom. The molecule has 2 aliphatic heterocycles. The van der Waals surface area contributed by atoms with Gasteiger partial charge in [-0.1, -0.05) is 0 Å². The van der Waals surface area contributed by atoms with Crippen molar-refractivity contribution in [2.24, 2.45) is 0 Å². The van der Waals surface area contributed by atoms with E-state index in [1.165, 1.54) is 5.69 Å². The van der Waals surface area contributed by atoms with Crippen LogP contribution in [-0.2, 0) is 4.79 Å². The Kier molecular flexibility index (Phi) is 5.45. The minimum absolute atomic E-state index is 0.739. The largest absolute Gasteiger partial charge is 0.497 e. The zero-order chi connectivity index (χ0) is 19.3. The molecule has 0 aliphatic carbocycles. The molecule has 8 heteroatoms. The van der Waals surface area contributed by atoms with Crippen molar-refractivity contribution < 1.29 is 9.53 Å². The minimum Gasteiger partial charge on any atom is -0.497 e. The lowest BCUT2D eigenvalue weighted by Crippen LogP contribution is -2.48. The van der Waals surface area contributed by atoms with Crippen LogP contribution in [0.3, 0.4) is 0 Å². The normalized spacial score (nSPS) is 17.6. The summed E-state index contributed by atoms with van der Waals surface area (Å²) in [4.78, 5) is 28.8. The van der Waals surface area contributed by atoms with E-state index in [0.717, 1.165) is 76.3 Å². The summed E-state index contributed by atoms with van der Waals surface area (Å²) in [5.41, 5.74) is 1.21. The van der Waals surface area contributed by atoms with Gasteiger partial charge in [-0.15, -0.1) is 0 Å². The predicted molar refractivity (Wildman–Crippen MR) is 109 cm³/mol. The lowest BCUT2D eigenvalue weighted by Gasteiger charge is -2.37. The molecule has 0 unspecified atom stereocenters. The zero-order valence-corrected chi connectivity index (χ0v) is 16.2. The highest BCUT2D eigenvalue weighted by molar-refractivity contribution is 5.52. The molecule has 2 fully saturated rings. The van der Waals surface area contributed by atoms with Gasteiger partial charge in [-0.25, -0.2) is 4.98 Å². The van der Waals surface area contributed by atoms with E-state index >= 15 is 0 Å². The fraction of sp³-hybridized carbons (Fsp3) is 0.450. The summed E-state index contributed by atoms with van der Waals surface area (Å²) in [6, 6.07) is 10.2. The molecule has 0 N–H and O–H groups in total. The molecule has 2 aromatic rings. The summed E-state index contributed by atoms with van der Waals surface area (Å²) in [5.74, 6) is 2.60. The molecule has 0 radical (unpaired) electrons. The van der Waals surface area contributed by atoms with Gasteiger partial charge in [0.2, 0.25) is 12.4 Å². The van der Waals surface area contributed by atoms with Gasteiger partial charge in [-0.3, -0.25) is 4.79 Å². The van der Waals surface area contributed by atoms with Crippen molar-refractivity contribution in [3.8, 4) is 5.75 Å². The molecule has 0 atom stereocenters. The topological polar surface area (TPSA) is 65.0 Å². The van der Waals surface area contributed by atoms with Crippen molar-refractivity contribution >= 4 is 23.9 Å². The van der Waals surface area contributed by atoms with Crippen molar-refractivity contribution in [3.05, 3.63) is 36.5 Å². The highest BCUT2D eigenvalue weighted by atomic mass is 16.5. The Balaban J connectivity index is 1.37. The number of benzene rings is 1. The molecule has 0 bridgehead atoms. The van der Waals surface area contributed by atoms with Crippen LogP contribution in [-0.4, -0.2) is 80.7 Å². The zero-order valence-electron chi connectivity index (χ0n) is 16.2. The van der Waals surface area contributed by atoms with Crippen LogP contribution in [0.2, 0.25) is 0 Å².